The number of rotatable bonds is 3. The van der Waals surface area contributed by atoms with Crippen molar-refractivity contribution in [1.82, 2.24) is 4.31 Å². The van der Waals surface area contributed by atoms with Gasteiger partial charge in [-0.25, -0.2) is 8.42 Å². The molecule has 1 saturated heterocycles. The van der Waals surface area contributed by atoms with Crippen molar-refractivity contribution in [3.8, 4) is 0 Å². The van der Waals surface area contributed by atoms with Gasteiger partial charge in [0.25, 0.3) is 0 Å². The predicted molar refractivity (Wildman–Crippen MR) is 76.5 cm³/mol. The lowest BCUT2D eigenvalue weighted by molar-refractivity contribution is 0.260. The summed E-state index contributed by atoms with van der Waals surface area (Å²) in [7, 11) is -3.31. The molecule has 1 saturated carbocycles. The van der Waals surface area contributed by atoms with Crippen molar-refractivity contribution >= 4 is 21.4 Å². The first-order valence-electron chi connectivity index (χ1n) is 6.92. The topological polar surface area (TPSA) is 63.4 Å². The highest BCUT2D eigenvalue weighted by Gasteiger charge is 2.42. The molecule has 0 bridgehead atoms. The van der Waals surface area contributed by atoms with Crippen LogP contribution < -0.4 is 5.73 Å². The largest absolute Gasteiger partial charge is 0.326 e. The molecule has 6 heteroatoms. The minimum atomic E-state index is -3.31. The first-order chi connectivity index (χ1) is 9.13. The fourth-order valence-electron chi connectivity index (χ4n) is 3.40. The highest BCUT2D eigenvalue weighted by atomic mass is 32.2. The molecule has 0 radical (unpaired) electrons. The van der Waals surface area contributed by atoms with E-state index in [9.17, 15) is 8.42 Å². The van der Waals surface area contributed by atoms with Crippen molar-refractivity contribution in [3.05, 3.63) is 16.3 Å². The lowest BCUT2D eigenvalue weighted by atomic mass is 9.86. The van der Waals surface area contributed by atoms with E-state index in [0.717, 1.165) is 24.1 Å². The van der Waals surface area contributed by atoms with Crippen LogP contribution in [0.3, 0.4) is 0 Å². The van der Waals surface area contributed by atoms with E-state index in [1.165, 1.54) is 24.2 Å². The Morgan fingerprint density at radius 1 is 1.32 bits per heavy atom. The molecule has 2 aliphatic rings. The maximum Gasteiger partial charge on any atom is 0.244 e. The normalized spacial score (nSPS) is 28.5. The van der Waals surface area contributed by atoms with Gasteiger partial charge in [-0.1, -0.05) is 12.8 Å². The second-order valence-corrected chi connectivity index (χ2v) is 8.36. The Labute approximate surface area is 118 Å². The van der Waals surface area contributed by atoms with Crippen LogP contribution >= 0.6 is 11.3 Å². The van der Waals surface area contributed by atoms with E-state index in [4.69, 9.17) is 5.73 Å². The van der Waals surface area contributed by atoms with Crippen molar-refractivity contribution in [2.24, 2.45) is 11.7 Å². The third kappa shape index (κ3) is 2.35. The van der Waals surface area contributed by atoms with E-state index in [-0.39, 0.29) is 6.04 Å². The average molecular weight is 300 g/mol. The zero-order valence-electron chi connectivity index (χ0n) is 10.9. The minimum Gasteiger partial charge on any atom is -0.326 e. The summed E-state index contributed by atoms with van der Waals surface area (Å²) in [6.07, 6.45) is 5.65. The molecule has 2 unspecified atom stereocenters. The molecule has 2 N–H and O–H groups in total. The van der Waals surface area contributed by atoms with Crippen LogP contribution in [0.1, 0.15) is 37.0 Å². The Morgan fingerprint density at radius 3 is 2.84 bits per heavy atom. The summed E-state index contributed by atoms with van der Waals surface area (Å²) in [6, 6.07) is 1.97. The molecule has 3 rings (SSSR count). The average Bonchev–Trinajstić information content (AvgIpc) is 3.06. The summed E-state index contributed by atoms with van der Waals surface area (Å²) >= 11 is 1.43. The van der Waals surface area contributed by atoms with Gasteiger partial charge in [-0.2, -0.15) is 4.31 Å². The van der Waals surface area contributed by atoms with Crippen LogP contribution in [-0.4, -0.2) is 25.3 Å². The third-order valence-electron chi connectivity index (χ3n) is 4.40. The second-order valence-electron chi connectivity index (χ2n) is 5.47. The molecular formula is C13H20N2O2S2. The summed E-state index contributed by atoms with van der Waals surface area (Å²) in [4.78, 5) is 1.36. The standard InChI is InChI=1S/C13H20N2O2S2/c14-8-11-7-12(9-18-11)19(16,17)15-6-5-10-3-1-2-4-13(10)15/h7,9-10,13H,1-6,8,14H2. The Bertz CT molecular complexity index is 553. The molecular weight excluding hydrogens is 280 g/mol. The monoisotopic (exact) mass is 300 g/mol. The van der Waals surface area contributed by atoms with E-state index < -0.39 is 10.0 Å². The number of hydrogen-bond donors (Lipinski definition) is 1. The molecule has 106 valence electrons. The van der Waals surface area contributed by atoms with E-state index >= 15 is 0 Å². The summed E-state index contributed by atoms with van der Waals surface area (Å²) in [5, 5.41) is 1.73. The fraction of sp³-hybridized carbons (Fsp3) is 0.692. The fourth-order valence-corrected chi connectivity index (χ4v) is 6.27. The van der Waals surface area contributed by atoms with Gasteiger partial charge in [0.1, 0.15) is 0 Å². The highest BCUT2D eigenvalue weighted by molar-refractivity contribution is 7.89. The predicted octanol–water partition coefficient (Wildman–Crippen LogP) is 2.16. The van der Waals surface area contributed by atoms with Gasteiger partial charge >= 0.3 is 0 Å². The van der Waals surface area contributed by atoms with Gasteiger partial charge in [0.05, 0.1) is 4.90 Å². The number of nitrogens with two attached hydrogens (primary N) is 1. The quantitative estimate of drug-likeness (QED) is 0.930. The van der Waals surface area contributed by atoms with E-state index in [1.807, 2.05) is 0 Å². The Hall–Kier alpha value is -0.430. The second kappa shape index (κ2) is 5.16. The number of sulfonamides is 1. The zero-order chi connectivity index (χ0) is 13.5. The SMILES string of the molecule is NCc1cc(S(=O)(=O)N2CCC3CCCCC32)cs1. The van der Waals surface area contributed by atoms with E-state index in [1.54, 1.807) is 15.8 Å². The summed E-state index contributed by atoms with van der Waals surface area (Å²) in [5.74, 6) is 0.580. The first-order valence-corrected chi connectivity index (χ1v) is 9.24. The molecule has 0 amide bonds. The molecule has 2 fully saturated rings. The smallest absolute Gasteiger partial charge is 0.244 e. The molecule has 4 nitrogen and oxygen atoms in total. The Balaban J connectivity index is 1.88. The maximum atomic E-state index is 12.7. The highest BCUT2D eigenvalue weighted by Crippen LogP contribution is 2.39. The molecule has 2 atom stereocenters. The molecule has 0 spiro atoms. The van der Waals surface area contributed by atoms with E-state index in [0.29, 0.717) is 23.9 Å². The van der Waals surface area contributed by atoms with Crippen molar-refractivity contribution < 1.29 is 8.42 Å². The van der Waals surface area contributed by atoms with Gasteiger partial charge in [0.15, 0.2) is 0 Å². The number of fused-ring (bicyclic) bond motifs is 1. The van der Waals surface area contributed by atoms with Gasteiger partial charge in [0.2, 0.25) is 10.0 Å². The van der Waals surface area contributed by atoms with Crippen LogP contribution in [0.15, 0.2) is 16.3 Å². The molecule has 2 heterocycles. The molecule has 1 aliphatic carbocycles. The Morgan fingerprint density at radius 2 is 2.11 bits per heavy atom. The summed E-state index contributed by atoms with van der Waals surface area (Å²) in [5.41, 5.74) is 5.57. The van der Waals surface area contributed by atoms with Gasteiger partial charge < -0.3 is 5.73 Å². The minimum absolute atomic E-state index is 0.236. The van der Waals surface area contributed by atoms with Gasteiger partial charge in [-0.05, 0) is 31.2 Å². The third-order valence-corrected chi connectivity index (χ3v) is 7.41. The van der Waals surface area contributed by atoms with Crippen LogP contribution in [0.2, 0.25) is 0 Å². The number of hydrogen-bond acceptors (Lipinski definition) is 4. The van der Waals surface area contributed by atoms with Crippen molar-refractivity contribution in [3.63, 3.8) is 0 Å². The van der Waals surface area contributed by atoms with Crippen molar-refractivity contribution in [2.75, 3.05) is 6.54 Å². The number of nitrogens with zero attached hydrogens (tertiary/aromatic N) is 1. The van der Waals surface area contributed by atoms with Crippen LogP contribution in [0.5, 0.6) is 0 Å². The van der Waals surface area contributed by atoms with Crippen molar-refractivity contribution in [2.45, 2.75) is 49.6 Å². The Kier molecular flexibility index (Phi) is 3.68. The first kappa shape index (κ1) is 13.5. The summed E-state index contributed by atoms with van der Waals surface area (Å²) in [6.45, 7) is 1.09. The van der Waals surface area contributed by atoms with Gasteiger partial charge in [0, 0.05) is 29.4 Å². The number of thiophene rings is 1. The molecule has 1 aromatic heterocycles. The zero-order valence-corrected chi connectivity index (χ0v) is 12.5. The van der Waals surface area contributed by atoms with Crippen LogP contribution in [0.4, 0.5) is 0 Å². The maximum absolute atomic E-state index is 12.7. The van der Waals surface area contributed by atoms with E-state index in [2.05, 4.69) is 0 Å². The lowest BCUT2D eigenvalue weighted by Crippen LogP contribution is -2.39. The van der Waals surface area contributed by atoms with Crippen LogP contribution in [0, 0.1) is 5.92 Å². The lowest BCUT2D eigenvalue weighted by Gasteiger charge is -2.30. The van der Waals surface area contributed by atoms with Crippen molar-refractivity contribution in [1.29, 1.82) is 0 Å². The molecule has 1 aromatic rings. The molecule has 19 heavy (non-hydrogen) atoms. The molecule has 1 aliphatic heterocycles. The van der Waals surface area contributed by atoms with Crippen LogP contribution in [-0.2, 0) is 16.6 Å². The molecule has 0 aromatic carbocycles. The van der Waals surface area contributed by atoms with Gasteiger partial charge in [-0.3, -0.25) is 0 Å². The van der Waals surface area contributed by atoms with Gasteiger partial charge in [-0.15, -0.1) is 11.3 Å². The summed E-state index contributed by atoms with van der Waals surface area (Å²) < 4.78 is 27.2. The van der Waals surface area contributed by atoms with Crippen LogP contribution in [0.25, 0.3) is 0 Å².